The van der Waals surface area contributed by atoms with Crippen LogP contribution >= 0.6 is 0 Å². The van der Waals surface area contributed by atoms with Crippen LogP contribution < -0.4 is 0 Å². The SMILES string of the molecule is Cc1cccc(-c2cc3c4ccc5c(cc6c7ccc(-c8ccccc8)cc7c7cc(-c8cccc(C)c8)cc5c76)c4cc4c5ccc(-c6ccccc6)cc5c(c2)c34)c1. The number of hydrogen-bond donors (Lipinski definition) is 0. The van der Waals surface area contributed by atoms with Crippen molar-refractivity contribution in [1.29, 1.82) is 0 Å². The van der Waals surface area contributed by atoms with Crippen molar-refractivity contribution in [2.45, 2.75) is 13.8 Å². The highest BCUT2D eigenvalue weighted by Crippen LogP contribution is 2.50. The Morgan fingerprint density at radius 1 is 0.183 bits per heavy atom. The second kappa shape index (κ2) is 12.5. The van der Waals surface area contributed by atoms with Crippen molar-refractivity contribution in [3.63, 3.8) is 0 Å². The molecule has 0 radical (unpaired) electrons. The highest BCUT2D eigenvalue weighted by molar-refractivity contribution is 6.41. The van der Waals surface area contributed by atoms with Crippen molar-refractivity contribution in [1.82, 2.24) is 0 Å². The maximum Gasteiger partial charge on any atom is -0.00195 e. The zero-order chi connectivity index (χ0) is 39.6. The maximum absolute atomic E-state index is 2.52. The van der Waals surface area contributed by atoms with Gasteiger partial charge in [0.25, 0.3) is 0 Å². The first-order valence-corrected chi connectivity index (χ1v) is 21.1. The average molecular weight is 759 g/mol. The van der Waals surface area contributed by atoms with Gasteiger partial charge in [-0.3, -0.25) is 0 Å². The predicted molar refractivity (Wildman–Crippen MR) is 260 cm³/mol. The van der Waals surface area contributed by atoms with E-state index in [2.05, 4.69) is 208 Å². The van der Waals surface area contributed by atoms with Crippen molar-refractivity contribution in [3.05, 3.63) is 205 Å². The van der Waals surface area contributed by atoms with E-state index >= 15 is 0 Å². The molecule has 0 N–H and O–H groups in total. The summed E-state index contributed by atoms with van der Waals surface area (Å²) in [4.78, 5) is 0. The van der Waals surface area contributed by atoms with Crippen molar-refractivity contribution in [2.75, 3.05) is 0 Å². The van der Waals surface area contributed by atoms with Crippen LogP contribution in [0.2, 0.25) is 0 Å². The van der Waals surface area contributed by atoms with Crippen molar-refractivity contribution < 1.29 is 0 Å². The molecule has 0 saturated heterocycles. The smallest absolute Gasteiger partial charge is 0.00195 e. The standard InChI is InChI=1S/C60H38/c1-35-11-9-17-39(25-35)43-29-53-47-23-24-48-52(51(47)33-57-45-21-19-41(37-13-5-3-6-14-37)27-49(45)55(31-43)59(53)57)34-58-46-22-20-42(38-15-7-4-8-16-38)28-50(46)56-32-44(30-54(48)60(56)58)40-18-10-12-36(2)26-40/h3-34H,1-2H3. The number of benzene rings is 11. The van der Waals surface area contributed by atoms with Crippen LogP contribution in [0.5, 0.6) is 0 Å². The second-order valence-electron chi connectivity index (χ2n) is 17.0. The zero-order valence-corrected chi connectivity index (χ0v) is 33.5. The van der Waals surface area contributed by atoms with Gasteiger partial charge in [0.2, 0.25) is 0 Å². The van der Waals surface area contributed by atoms with Crippen molar-refractivity contribution in [3.8, 4) is 44.5 Å². The summed E-state index contributed by atoms with van der Waals surface area (Å²) in [5.41, 5.74) is 12.5. The lowest BCUT2D eigenvalue weighted by atomic mass is 9.89. The first kappa shape index (κ1) is 33.4. The number of hydrogen-bond acceptors (Lipinski definition) is 0. The summed E-state index contributed by atoms with van der Waals surface area (Å²) in [6, 6.07) is 73.4. The normalized spacial score (nSPS) is 12.2. The average Bonchev–Trinajstić information content (AvgIpc) is 3.78. The molecule has 0 heteroatoms. The van der Waals surface area contributed by atoms with Gasteiger partial charge < -0.3 is 0 Å². The molecule has 0 saturated carbocycles. The monoisotopic (exact) mass is 758 g/mol. The van der Waals surface area contributed by atoms with E-state index in [1.807, 2.05) is 0 Å². The molecule has 0 aromatic heterocycles. The van der Waals surface area contributed by atoms with E-state index in [1.165, 1.54) is 142 Å². The molecular formula is C60H38. The highest BCUT2D eigenvalue weighted by atomic mass is 14.2. The van der Waals surface area contributed by atoms with Gasteiger partial charge in [0.1, 0.15) is 0 Å². The minimum absolute atomic E-state index is 1.24. The molecular weight excluding hydrogens is 721 g/mol. The first-order chi connectivity index (χ1) is 29.5. The van der Waals surface area contributed by atoms with E-state index in [0.29, 0.717) is 0 Å². The number of aryl methyl sites for hydroxylation is 2. The molecule has 60 heavy (non-hydrogen) atoms. The molecule has 13 aromatic rings. The van der Waals surface area contributed by atoms with Crippen molar-refractivity contribution >= 4 is 86.2 Å². The zero-order valence-electron chi connectivity index (χ0n) is 33.5. The molecule has 0 bridgehead atoms. The van der Waals surface area contributed by atoms with Gasteiger partial charge in [-0.2, -0.15) is 0 Å². The summed E-state index contributed by atoms with van der Waals surface area (Å²) in [5, 5.41) is 21.1. The fraction of sp³-hybridized carbons (Fsp3) is 0.0333. The molecule has 278 valence electrons. The third-order valence-corrected chi connectivity index (χ3v) is 13.4. The third-order valence-electron chi connectivity index (χ3n) is 13.4. The molecule has 0 aliphatic carbocycles. The van der Waals surface area contributed by atoms with Crippen LogP contribution in [0.4, 0.5) is 0 Å². The Balaban J connectivity index is 1.18. The van der Waals surface area contributed by atoms with Crippen LogP contribution in [0.15, 0.2) is 194 Å². The molecule has 13 aromatic carbocycles. The van der Waals surface area contributed by atoms with E-state index in [-0.39, 0.29) is 0 Å². The first-order valence-electron chi connectivity index (χ1n) is 21.1. The van der Waals surface area contributed by atoms with Gasteiger partial charge >= 0.3 is 0 Å². The van der Waals surface area contributed by atoms with Gasteiger partial charge in [-0.15, -0.1) is 0 Å². The lowest BCUT2D eigenvalue weighted by Gasteiger charge is -2.14. The Hall–Kier alpha value is -7.54. The molecule has 0 atom stereocenters. The molecule has 0 unspecified atom stereocenters. The predicted octanol–water partition coefficient (Wildman–Crippen LogP) is 17.1. The Morgan fingerprint density at radius 3 is 0.883 bits per heavy atom. The van der Waals surface area contributed by atoms with Gasteiger partial charge in [0, 0.05) is 0 Å². The molecule has 0 amide bonds. The quantitative estimate of drug-likeness (QED) is 0.157. The molecule has 0 fully saturated rings. The molecule has 0 heterocycles. The van der Waals surface area contributed by atoms with E-state index in [0.717, 1.165) is 0 Å². The highest BCUT2D eigenvalue weighted by Gasteiger charge is 2.21. The van der Waals surface area contributed by atoms with Crippen LogP contribution in [0.25, 0.3) is 131 Å². The fourth-order valence-electron chi connectivity index (χ4n) is 10.6. The van der Waals surface area contributed by atoms with Crippen LogP contribution in [0, 0.1) is 13.8 Å². The summed E-state index contributed by atoms with van der Waals surface area (Å²) >= 11 is 0. The Morgan fingerprint density at radius 2 is 0.483 bits per heavy atom. The van der Waals surface area contributed by atoms with E-state index in [9.17, 15) is 0 Å². The summed E-state index contributed by atoms with van der Waals surface area (Å²) in [6.07, 6.45) is 0. The lowest BCUT2D eigenvalue weighted by Crippen LogP contribution is -1.87. The van der Waals surface area contributed by atoms with Gasteiger partial charge in [-0.05, 0) is 193 Å². The summed E-state index contributed by atoms with van der Waals surface area (Å²) in [6.45, 7) is 4.38. The molecule has 0 spiro atoms. The van der Waals surface area contributed by atoms with Crippen LogP contribution in [-0.2, 0) is 0 Å². The van der Waals surface area contributed by atoms with Crippen molar-refractivity contribution in [2.24, 2.45) is 0 Å². The van der Waals surface area contributed by atoms with Crippen LogP contribution in [0.3, 0.4) is 0 Å². The van der Waals surface area contributed by atoms with Gasteiger partial charge in [-0.1, -0.05) is 157 Å². The van der Waals surface area contributed by atoms with Gasteiger partial charge in [0.15, 0.2) is 0 Å². The summed E-state index contributed by atoms with van der Waals surface area (Å²) in [7, 11) is 0. The Labute approximate surface area is 348 Å². The fourth-order valence-corrected chi connectivity index (χ4v) is 10.6. The lowest BCUT2D eigenvalue weighted by molar-refractivity contribution is 1.47. The van der Waals surface area contributed by atoms with Gasteiger partial charge in [-0.25, -0.2) is 0 Å². The third kappa shape index (κ3) is 4.85. The topological polar surface area (TPSA) is 0 Å². The molecule has 0 aliphatic heterocycles. The van der Waals surface area contributed by atoms with Crippen LogP contribution in [-0.4, -0.2) is 0 Å². The van der Waals surface area contributed by atoms with E-state index in [4.69, 9.17) is 0 Å². The summed E-state index contributed by atoms with van der Waals surface area (Å²) < 4.78 is 0. The summed E-state index contributed by atoms with van der Waals surface area (Å²) in [5.74, 6) is 0. The Kier molecular flexibility index (Phi) is 6.95. The van der Waals surface area contributed by atoms with E-state index in [1.54, 1.807) is 0 Å². The minimum Gasteiger partial charge on any atom is -0.0622 e. The second-order valence-corrected chi connectivity index (χ2v) is 17.0. The largest absolute Gasteiger partial charge is 0.0622 e. The minimum atomic E-state index is 1.24. The molecule has 13 rings (SSSR count). The van der Waals surface area contributed by atoms with Gasteiger partial charge in [0.05, 0.1) is 0 Å². The maximum atomic E-state index is 2.52. The Bertz CT molecular complexity index is 3620. The number of rotatable bonds is 4. The molecule has 0 aliphatic rings. The number of fused-ring (bicyclic) bond motifs is 11. The van der Waals surface area contributed by atoms with Crippen LogP contribution in [0.1, 0.15) is 11.1 Å². The molecule has 0 nitrogen and oxygen atoms in total. The van der Waals surface area contributed by atoms with E-state index < -0.39 is 0 Å².